The molecule has 15 heavy (non-hydrogen) atoms. The highest BCUT2D eigenvalue weighted by molar-refractivity contribution is 6.05. The third-order valence-electron chi connectivity index (χ3n) is 2.40. The number of rotatable bonds is 1. The number of aromatic carboxylic acids is 1. The zero-order chi connectivity index (χ0) is 11.2. The van der Waals surface area contributed by atoms with Crippen molar-refractivity contribution in [2.75, 3.05) is 5.73 Å². The first kappa shape index (κ1) is 9.51. The summed E-state index contributed by atoms with van der Waals surface area (Å²) >= 11 is 0. The molecule has 0 saturated heterocycles. The second-order valence-corrected chi connectivity index (χ2v) is 3.29. The van der Waals surface area contributed by atoms with E-state index in [4.69, 9.17) is 10.8 Å². The number of aryl methyl sites for hydroxylation is 1. The van der Waals surface area contributed by atoms with Crippen LogP contribution in [0.15, 0.2) is 18.2 Å². The Morgan fingerprint density at radius 2 is 2.20 bits per heavy atom. The van der Waals surface area contributed by atoms with E-state index in [9.17, 15) is 9.18 Å². The van der Waals surface area contributed by atoms with Crippen LogP contribution in [0, 0.1) is 5.82 Å². The van der Waals surface area contributed by atoms with Crippen molar-refractivity contribution >= 4 is 22.6 Å². The van der Waals surface area contributed by atoms with E-state index in [1.54, 1.807) is 7.05 Å². The number of hydrogen-bond acceptors (Lipinski definition) is 2. The van der Waals surface area contributed by atoms with Gasteiger partial charge in [-0.25, -0.2) is 9.18 Å². The maximum atomic E-state index is 12.9. The number of nitrogens with zero attached hydrogens (tertiary/aromatic N) is 1. The number of carboxylic acids is 1. The summed E-state index contributed by atoms with van der Waals surface area (Å²) in [6.45, 7) is 0. The number of carboxylic acid groups (broad SMARTS) is 1. The normalized spacial score (nSPS) is 10.8. The molecule has 2 rings (SSSR count). The van der Waals surface area contributed by atoms with Gasteiger partial charge in [0, 0.05) is 12.4 Å². The van der Waals surface area contributed by atoms with Gasteiger partial charge in [-0.15, -0.1) is 0 Å². The number of benzene rings is 1. The van der Waals surface area contributed by atoms with Crippen LogP contribution in [-0.4, -0.2) is 15.6 Å². The Balaban J connectivity index is 2.91. The van der Waals surface area contributed by atoms with Crippen LogP contribution in [0.3, 0.4) is 0 Å². The number of anilines is 1. The number of aromatic nitrogens is 1. The molecule has 0 radical (unpaired) electrons. The van der Waals surface area contributed by atoms with Gasteiger partial charge in [-0.1, -0.05) is 0 Å². The molecular formula is C10H9FN2O2. The topological polar surface area (TPSA) is 68.2 Å². The molecule has 1 aromatic carbocycles. The molecule has 1 heterocycles. The maximum Gasteiger partial charge on any atom is 0.354 e. The van der Waals surface area contributed by atoms with Crippen molar-refractivity contribution < 1.29 is 14.3 Å². The lowest BCUT2D eigenvalue weighted by Crippen LogP contribution is -2.06. The summed E-state index contributed by atoms with van der Waals surface area (Å²) in [5, 5.41) is 9.35. The summed E-state index contributed by atoms with van der Waals surface area (Å²) in [4.78, 5) is 10.9. The molecule has 0 amide bonds. The summed E-state index contributed by atoms with van der Waals surface area (Å²) in [5.41, 5.74) is 6.32. The summed E-state index contributed by atoms with van der Waals surface area (Å²) in [6, 6.07) is 4.01. The first-order chi connectivity index (χ1) is 7.02. The Hall–Kier alpha value is -2.04. The van der Waals surface area contributed by atoms with Crippen molar-refractivity contribution in [3.05, 3.63) is 29.7 Å². The van der Waals surface area contributed by atoms with Gasteiger partial charge in [-0.2, -0.15) is 0 Å². The zero-order valence-electron chi connectivity index (χ0n) is 7.99. The maximum absolute atomic E-state index is 12.9. The minimum atomic E-state index is -1.12. The van der Waals surface area contributed by atoms with Crippen LogP contribution in [0.5, 0.6) is 0 Å². The molecule has 0 bridgehead atoms. The van der Waals surface area contributed by atoms with Crippen molar-refractivity contribution in [2.45, 2.75) is 0 Å². The van der Waals surface area contributed by atoms with Crippen molar-refractivity contribution in [3.8, 4) is 0 Å². The lowest BCUT2D eigenvalue weighted by Gasteiger charge is -1.98. The molecule has 5 heteroatoms. The van der Waals surface area contributed by atoms with Crippen LogP contribution >= 0.6 is 0 Å². The van der Waals surface area contributed by atoms with Crippen LogP contribution in [0.2, 0.25) is 0 Å². The lowest BCUT2D eigenvalue weighted by atomic mass is 10.2. The Labute approximate surface area is 84.7 Å². The molecule has 0 aliphatic heterocycles. The predicted octanol–water partition coefficient (Wildman–Crippen LogP) is 1.60. The molecule has 0 unspecified atom stereocenters. The minimum Gasteiger partial charge on any atom is -0.477 e. The number of fused-ring (bicyclic) bond motifs is 1. The van der Waals surface area contributed by atoms with Crippen molar-refractivity contribution in [3.63, 3.8) is 0 Å². The molecule has 3 N–H and O–H groups in total. The van der Waals surface area contributed by atoms with Crippen LogP contribution in [0.4, 0.5) is 10.1 Å². The number of carbonyl (C=O) groups is 1. The van der Waals surface area contributed by atoms with Gasteiger partial charge in [0.2, 0.25) is 0 Å². The molecule has 4 nitrogen and oxygen atoms in total. The fraction of sp³-hybridized carbons (Fsp3) is 0.100. The average Bonchev–Trinajstić information content (AvgIpc) is 2.39. The van der Waals surface area contributed by atoms with Crippen molar-refractivity contribution in [1.29, 1.82) is 0 Å². The lowest BCUT2D eigenvalue weighted by molar-refractivity contribution is 0.0688. The molecule has 0 aliphatic rings. The van der Waals surface area contributed by atoms with Crippen LogP contribution in [-0.2, 0) is 7.05 Å². The van der Waals surface area contributed by atoms with Crippen molar-refractivity contribution in [1.82, 2.24) is 4.57 Å². The van der Waals surface area contributed by atoms with E-state index in [1.165, 1.54) is 22.8 Å². The summed E-state index contributed by atoms with van der Waals surface area (Å²) in [6.07, 6.45) is 0. The summed E-state index contributed by atoms with van der Waals surface area (Å²) in [5.74, 6) is -1.55. The quantitative estimate of drug-likeness (QED) is 0.747. The Kier molecular flexibility index (Phi) is 1.89. The minimum absolute atomic E-state index is 0.0180. The Bertz CT molecular complexity index is 560. The number of nitrogens with two attached hydrogens (primary N) is 1. The second kappa shape index (κ2) is 2.98. The van der Waals surface area contributed by atoms with Gasteiger partial charge >= 0.3 is 5.97 Å². The van der Waals surface area contributed by atoms with Gasteiger partial charge in [0.15, 0.2) is 5.69 Å². The highest BCUT2D eigenvalue weighted by atomic mass is 19.1. The molecule has 2 aromatic rings. The van der Waals surface area contributed by atoms with Crippen LogP contribution in [0.25, 0.3) is 10.9 Å². The standard InChI is InChI=1S/C10H9FN2O2/c1-13-7-3-2-5(11)4-6(7)8(12)9(13)10(14)15/h2-4H,12H2,1H3,(H,14,15). The van der Waals surface area contributed by atoms with Gasteiger partial charge in [-0.3, -0.25) is 0 Å². The first-order valence-electron chi connectivity index (χ1n) is 4.29. The third kappa shape index (κ3) is 1.24. The molecule has 0 fully saturated rings. The molecule has 78 valence electrons. The fourth-order valence-electron chi connectivity index (χ4n) is 1.70. The third-order valence-corrected chi connectivity index (χ3v) is 2.40. The Morgan fingerprint density at radius 1 is 1.53 bits per heavy atom. The van der Waals surface area contributed by atoms with Gasteiger partial charge in [0.05, 0.1) is 11.2 Å². The Morgan fingerprint density at radius 3 is 2.80 bits per heavy atom. The molecule has 0 atom stereocenters. The van der Waals surface area contributed by atoms with E-state index in [2.05, 4.69) is 0 Å². The van der Waals surface area contributed by atoms with Crippen molar-refractivity contribution in [2.24, 2.45) is 7.05 Å². The zero-order valence-corrected chi connectivity index (χ0v) is 7.99. The van der Waals surface area contributed by atoms with E-state index in [-0.39, 0.29) is 11.4 Å². The van der Waals surface area contributed by atoms with Gasteiger partial charge in [-0.05, 0) is 18.2 Å². The largest absolute Gasteiger partial charge is 0.477 e. The van der Waals surface area contributed by atoms with E-state index in [0.29, 0.717) is 10.9 Å². The average molecular weight is 208 g/mol. The highest BCUT2D eigenvalue weighted by Crippen LogP contribution is 2.28. The number of halogens is 1. The fourth-order valence-corrected chi connectivity index (χ4v) is 1.70. The molecule has 1 aromatic heterocycles. The predicted molar refractivity (Wildman–Crippen MR) is 54.2 cm³/mol. The summed E-state index contributed by atoms with van der Waals surface area (Å²) < 4.78 is 14.4. The molecule has 0 aliphatic carbocycles. The van der Waals surface area contributed by atoms with Crippen LogP contribution < -0.4 is 5.73 Å². The summed E-state index contributed by atoms with van der Waals surface area (Å²) in [7, 11) is 1.58. The molecule has 0 spiro atoms. The molecular weight excluding hydrogens is 199 g/mol. The van der Waals surface area contributed by atoms with Gasteiger partial charge in [0.25, 0.3) is 0 Å². The monoisotopic (exact) mass is 208 g/mol. The molecule has 0 saturated carbocycles. The SMILES string of the molecule is Cn1c(C(=O)O)c(N)c2cc(F)ccc21. The van der Waals surface area contributed by atoms with E-state index < -0.39 is 11.8 Å². The highest BCUT2D eigenvalue weighted by Gasteiger charge is 2.18. The first-order valence-corrected chi connectivity index (χ1v) is 4.29. The van der Waals surface area contributed by atoms with Crippen LogP contribution in [0.1, 0.15) is 10.5 Å². The van der Waals surface area contributed by atoms with E-state index in [0.717, 1.165) is 0 Å². The van der Waals surface area contributed by atoms with E-state index >= 15 is 0 Å². The van der Waals surface area contributed by atoms with Gasteiger partial charge in [0.1, 0.15) is 5.82 Å². The van der Waals surface area contributed by atoms with E-state index in [1.807, 2.05) is 0 Å². The smallest absolute Gasteiger partial charge is 0.354 e. The number of hydrogen-bond donors (Lipinski definition) is 2. The van der Waals surface area contributed by atoms with Gasteiger partial charge < -0.3 is 15.4 Å². The number of nitrogen functional groups attached to an aromatic ring is 1. The second-order valence-electron chi connectivity index (χ2n) is 3.29.